The molecule has 0 aliphatic carbocycles. The molecule has 1 fully saturated rings. The Morgan fingerprint density at radius 1 is 1.39 bits per heavy atom. The first-order valence-electron chi connectivity index (χ1n) is 6.93. The lowest BCUT2D eigenvalue weighted by molar-refractivity contribution is -0.123. The minimum Gasteiger partial charge on any atom is -0.381 e. The average Bonchev–Trinajstić information content (AvgIpc) is 2.28. The standard InChI is InChI=1S/C14H28N2O2/c1-10(11-5-7-18-8-6-11)16-13(17)9-12(15)14(2,3)4/h10-12H,5-9,15H2,1-4H3,(H,16,17). The molecule has 1 saturated heterocycles. The molecule has 0 aromatic carbocycles. The fraction of sp³-hybridized carbons (Fsp3) is 0.929. The van der Waals surface area contributed by atoms with E-state index < -0.39 is 0 Å². The van der Waals surface area contributed by atoms with Crippen LogP contribution in [0.15, 0.2) is 0 Å². The summed E-state index contributed by atoms with van der Waals surface area (Å²) >= 11 is 0. The Kier molecular flexibility index (Phi) is 5.60. The Labute approximate surface area is 111 Å². The zero-order valence-corrected chi connectivity index (χ0v) is 12.2. The van der Waals surface area contributed by atoms with Gasteiger partial charge in [-0.1, -0.05) is 20.8 Å². The van der Waals surface area contributed by atoms with Crippen molar-refractivity contribution in [2.45, 2.75) is 59.0 Å². The Bertz CT molecular complexity index is 267. The van der Waals surface area contributed by atoms with Gasteiger partial charge in [0.05, 0.1) is 0 Å². The van der Waals surface area contributed by atoms with Crippen molar-refractivity contribution in [1.29, 1.82) is 0 Å². The minimum absolute atomic E-state index is 0.0285. The molecule has 106 valence electrons. The summed E-state index contributed by atoms with van der Waals surface area (Å²) in [4.78, 5) is 11.9. The lowest BCUT2D eigenvalue weighted by Gasteiger charge is -2.30. The fourth-order valence-electron chi connectivity index (χ4n) is 2.15. The quantitative estimate of drug-likeness (QED) is 0.804. The van der Waals surface area contributed by atoms with E-state index in [4.69, 9.17) is 10.5 Å². The van der Waals surface area contributed by atoms with Crippen LogP contribution in [0, 0.1) is 11.3 Å². The molecule has 0 radical (unpaired) electrons. The van der Waals surface area contributed by atoms with Crippen LogP contribution in [0.3, 0.4) is 0 Å². The van der Waals surface area contributed by atoms with Gasteiger partial charge in [-0.2, -0.15) is 0 Å². The highest BCUT2D eigenvalue weighted by atomic mass is 16.5. The number of amides is 1. The van der Waals surface area contributed by atoms with Crippen molar-refractivity contribution < 1.29 is 9.53 Å². The molecule has 0 aromatic heterocycles. The molecular weight excluding hydrogens is 228 g/mol. The molecule has 0 bridgehead atoms. The molecule has 0 saturated carbocycles. The van der Waals surface area contributed by atoms with Gasteiger partial charge in [-0.25, -0.2) is 0 Å². The Morgan fingerprint density at radius 3 is 2.44 bits per heavy atom. The molecule has 3 N–H and O–H groups in total. The maximum Gasteiger partial charge on any atom is 0.221 e. The molecule has 2 atom stereocenters. The highest BCUT2D eigenvalue weighted by Gasteiger charge is 2.26. The molecule has 1 rings (SSSR count). The second-order valence-corrected chi connectivity index (χ2v) is 6.48. The van der Waals surface area contributed by atoms with Crippen LogP contribution in [-0.2, 0) is 9.53 Å². The number of carbonyl (C=O) groups is 1. The van der Waals surface area contributed by atoms with Crippen LogP contribution in [0.4, 0.5) is 0 Å². The smallest absolute Gasteiger partial charge is 0.221 e. The molecule has 4 heteroatoms. The van der Waals surface area contributed by atoms with Crippen LogP contribution in [0.2, 0.25) is 0 Å². The van der Waals surface area contributed by atoms with E-state index in [1.807, 2.05) is 0 Å². The number of carbonyl (C=O) groups excluding carboxylic acids is 1. The molecule has 1 aliphatic rings. The van der Waals surface area contributed by atoms with E-state index in [9.17, 15) is 4.79 Å². The zero-order valence-electron chi connectivity index (χ0n) is 12.2. The Balaban J connectivity index is 2.35. The number of rotatable bonds is 4. The molecule has 2 unspecified atom stereocenters. The van der Waals surface area contributed by atoms with Crippen molar-refractivity contribution in [3.05, 3.63) is 0 Å². The summed E-state index contributed by atoms with van der Waals surface area (Å²) in [6.45, 7) is 9.89. The molecule has 18 heavy (non-hydrogen) atoms. The summed E-state index contributed by atoms with van der Waals surface area (Å²) in [6.07, 6.45) is 2.47. The molecule has 0 aromatic rings. The third-order valence-corrected chi connectivity index (χ3v) is 3.88. The van der Waals surface area contributed by atoms with Crippen LogP contribution < -0.4 is 11.1 Å². The van der Waals surface area contributed by atoms with E-state index in [-0.39, 0.29) is 23.4 Å². The zero-order chi connectivity index (χ0) is 13.8. The molecular formula is C14H28N2O2. The predicted octanol–water partition coefficient (Wildman–Crippen LogP) is 1.68. The summed E-state index contributed by atoms with van der Waals surface area (Å²) in [5.74, 6) is 0.602. The largest absolute Gasteiger partial charge is 0.381 e. The molecule has 4 nitrogen and oxygen atoms in total. The van der Waals surface area contributed by atoms with Gasteiger partial charge in [0.15, 0.2) is 0 Å². The summed E-state index contributed by atoms with van der Waals surface area (Å²) in [6, 6.07) is 0.118. The first kappa shape index (κ1) is 15.4. The van der Waals surface area contributed by atoms with Crippen LogP contribution in [-0.4, -0.2) is 31.2 Å². The number of hydrogen-bond donors (Lipinski definition) is 2. The molecule has 1 aliphatic heterocycles. The summed E-state index contributed by atoms with van der Waals surface area (Å²) in [5, 5.41) is 3.08. The Morgan fingerprint density at radius 2 is 1.94 bits per heavy atom. The fourth-order valence-corrected chi connectivity index (χ4v) is 2.15. The maximum atomic E-state index is 11.9. The third kappa shape index (κ3) is 4.94. The average molecular weight is 256 g/mol. The van der Waals surface area contributed by atoms with E-state index in [0.29, 0.717) is 12.3 Å². The van der Waals surface area contributed by atoms with E-state index in [0.717, 1.165) is 26.1 Å². The second-order valence-electron chi connectivity index (χ2n) is 6.48. The first-order chi connectivity index (χ1) is 8.30. The van der Waals surface area contributed by atoms with Crippen LogP contribution in [0.5, 0.6) is 0 Å². The van der Waals surface area contributed by atoms with Gasteiger partial charge in [-0.15, -0.1) is 0 Å². The van der Waals surface area contributed by atoms with Gasteiger partial charge in [-0.05, 0) is 31.1 Å². The molecule has 1 heterocycles. The van der Waals surface area contributed by atoms with Crippen molar-refractivity contribution >= 4 is 5.91 Å². The van der Waals surface area contributed by atoms with Crippen molar-refractivity contribution in [3.63, 3.8) is 0 Å². The van der Waals surface area contributed by atoms with Crippen LogP contribution >= 0.6 is 0 Å². The normalized spacial score (nSPS) is 21.4. The van der Waals surface area contributed by atoms with Gasteiger partial charge in [-0.3, -0.25) is 4.79 Å². The van der Waals surface area contributed by atoms with Gasteiger partial charge < -0.3 is 15.8 Å². The van der Waals surface area contributed by atoms with Gasteiger partial charge in [0.1, 0.15) is 0 Å². The van der Waals surface area contributed by atoms with Gasteiger partial charge in [0, 0.05) is 31.7 Å². The van der Waals surface area contributed by atoms with Crippen molar-refractivity contribution in [3.8, 4) is 0 Å². The predicted molar refractivity (Wildman–Crippen MR) is 73.2 cm³/mol. The van der Waals surface area contributed by atoms with Crippen molar-refractivity contribution in [2.24, 2.45) is 17.1 Å². The third-order valence-electron chi connectivity index (χ3n) is 3.88. The highest BCUT2D eigenvalue weighted by Crippen LogP contribution is 2.21. The minimum atomic E-state index is -0.0978. The number of nitrogens with two attached hydrogens (primary N) is 1. The van der Waals surface area contributed by atoms with E-state index >= 15 is 0 Å². The van der Waals surface area contributed by atoms with Gasteiger partial charge in [0.2, 0.25) is 5.91 Å². The lowest BCUT2D eigenvalue weighted by Crippen LogP contribution is -2.45. The van der Waals surface area contributed by atoms with E-state index in [2.05, 4.69) is 33.0 Å². The van der Waals surface area contributed by atoms with Crippen molar-refractivity contribution in [1.82, 2.24) is 5.32 Å². The van der Waals surface area contributed by atoms with Gasteiger partial charge in [0.25, 0.3) is 0 Å². The maximum absolute atomic E-state index is 11.9. The highest BCUT2D eigenvalue weighted by molar-refractivity contribution is 5.77. The number of ether oxygens (including phenoxy) is 1. The van der Waals surface area contributed by atoms with Crippen LogP contribution in [0.25, 0.3) is 0 Å². The Hall–Kier alpha value is -0.610. The number of hydrogen-bond acceptors (Lipinski definition) is 3. The summed E-state index contributed by atoms with van der Waals surface area (Å²) in [7, 11) is 0. The summed E-state index contributed by atoms with van der Waals surface area (Å²) < 4.78 is 5.33. The lowest BCUT2D eigenvalue weighted by atomic mass is 9.85. The monoisotopic (exact) mass is 256 g/mol. The molecule has 0 spiro atoms. The topological polar surface area (TPSA) is 64.4 Å². The van der Waals surface area contributed by atoms with Crippen LogP contribution in [0.1, 0.15) is 47.0 Å². The first-order valence-corrected chi connectivity index (χ1v) is 6.93. The summed E-state index contributed by atoms with van der Waals surface area (Å²) in [5.41, 5.74) is 6.00. The van der Waals surface area contributed by atoms with E-state index in [1.54, 1.807) is 0 Å². The van der Waals surface area contributed by atoms with Crippen molar-refractivity contribution in [2.75, 3.05) is 13.2 Å². The number of nitrogens with one attached hydrogen (secondary N) is 1. The van der Waals surface area contributed by atoms with Gasteiger partial charge >= 0.3 is 0 Å². The second kappa shape index (κ2) is 6.53. The molecule has 1 amide bonds. The SMILES string of the molecule is CC(NC(=O)CC(N)C(C)(C)C)C1CCOCC1. The van der Waals surface area contributed by atoms with E-state index in [1.165, 1.54) is 0 Å².